The summed E-state index contributed by atoms with van der Waals surface area (Å²) in [6.45, 7) is 2.50. The van der Waals surface area contributed by atoms with Gasteiger partial charge in [0.05, 0.1) is 11.0 Å². The maximum atomic E-state index is 5.48. The lowest BCUT2D eigenvalue weighted by Crippen LogP contribution is -1.96. The Kier molecular flexibility index (Phi) is 3.16. The van der Waals surface area contributed by atoms with Gasteiger partial charge in [0, 0.05) is 5.56 Å². The van der Waals surface area contributed by atoms with Gasteiger partial charge < -0.3 is 19.7 Å². The van der Waals surface area contributed by atoms with Crippen molar-refractivity contribution in [3.05, 3.63) is 22.0 Å². The Bertz CT molecular complexity index is 627. The topological polar surface area (TPSA) is 83.4 Å². The molecule has 1 aliphatic heterocycles. The minimum Gasteiger partial charge on any atom is -0.454 e. The molecule has 100 valence electrons. The Morgan fingerprint density at radius 3 is 2.95 bits per heavy atom. The normalized spacial score (nSPS) is 13.0. The first kappa shape index (κ1) is 12.4. The molecule has 0 saturated carbocycles. The van der Waals surface area contributed by atoms with E-state index in [0.717, 1.165) is 27.8 Å². The second-order valence-corrected chi connectivity index (χ2v) is 4.81. The second-order valence-electron chi connectivity index (χ2n) is 4.02. The molecule has 2 aromatic rings. The van der Waals surface area contributed by atoms with Crippen molar-refractivity contribution < 1.29 is 14.0 Å². The number of hydrogen-bond donors (Lipinski definition) is 1. The second kappa shape index (κ2) is 4.82. The van der Waals surface area contributed by atoms with Crippen molar-refractivity contribution in [2.75, 3.05) is 6.79 Å². The molecular weight excluding hydrogens is 314 g/mol. The van der Waals surface area contributed by atoms with E-state index in [1.54, 1.807) is 0 Å². The van der Waals surface area contributed by atoms with Gasteiger partial charge in [0.25, 0.3) is 0 Å². The number of rotatable bonds is 3. The van der Waals surface area contributed by atoms with Gasteiger partial charge in [0.2, 0.25) is 18.5 Å². The molecule has 19 heavy (non-hydrogen) atoms. The van der Waals surface area contributed by atoms with Crippen LogP contribution in [0.5, 0.6) is 11.5 Å². The lowest BCUT2D eigenvalue weighted by Gasteiger charge is -2.09. The third kappa shape index (κ3) is 1.98. The van der Waals surface area contributed by atoms with Gasteiger partial charge in [-0.1, -0.05) is 12.1 Å². The van der Waals surface area contributed by atoms with Crippen molar-refractivity contribution in [2.45, 2.75) is 19.9 Å². The highest BCUT2D eigenvalue weighted by molar-refractivity contribution is 9.10. The van der Waals surface area contributed by atoms with E-state index in [-0.39, 0.29) is 13.3 Å². The van der Waals surface area contributed by atoms with E-state index >= 15 is 0 Å². The molecule has 0 fully saturated rings. The van der Waals surface area contributed by atoms with Gasteiger partial charge in [-0.2, -0.15) is 4.98 Å². The van der Waals surface area contributed by atoms with Crippen molar-refractivity contribution in [3.63, 3.8) is 0 Å². The van der Waals surface area contributed by atoms with Crippen LogP contribution in [0.2, 0.25) is 0 Å². The highest BCUT2D eigenvalue weighted by Gasteiger charge is 2.24. The van der Waals surface area contributed by atoms with Crippen molar-refractivity contribution in [1.82, 2.24) is 10.1 Å². The summed E-state index contributed by atoms with van der Waals surface area (Å²) in [7, 11) is 0. The summed E-state index contributed by atoms with van der Waals surface area (Å²) in [6.07, 6.45) is 0.805. The largest absolute Gasteiger partial charge is 0.454 e. The van der Waals surface area contributed by atoms with Gasteiger partial charge in [-0.15, -0.1) is 0 Å². The lowest BCUT2D eigenvalue weighted by molar-refractivity contribution is 0.173. The van der Waals surface area contributed by atoms with Crippen molar-refractivity contribution >= 4 is 15.9 Å². The molecule has 0 atom stereocenters. The Labute approximate surface area is 118 Å². The van der Waals surface area contributed by atoms with E-state index in [0.29, 0.717) is 17.5 Å². The van der Waals surface area contributed by atoms with Crippen LogP contribution in [0.15, 0.2) is 15.1 Å². The summed E-state index contributed by atoms with van der Waals surface area (Å²) in [6, 6.07) is 1.87. The number of halogens is 1. The van der Waals surface area contributed by atoms with Crippen molar-refractivity contribution in [2.24, 2.45) is 5.73 Å². The molecule has 0 spiro atoms. The van der Waals surface area contributed by atoms with Crippen LogP contribution in [-0.4, -0.2) is 16.9 Å². The van der Waals surface area contributed by atoms with Crippen LogP contribution in [0.1, 0.15) is 18.4 Å². The first-order valence-corrected chi connectivity index (χ1v) is 6.67. The maximum absolute atomic E-state index is 5.48. The summed E-state index contributed by atoms with van der Waals surface area (Å²) in [4.78, 5) is 4.25. The number of nitrogens with two attached hydrogens (primary N) is 1. The van der Waals surface area contributed by atoms with Crippen LogP contribution in [0.4, 0.5) is 0 Å². The summed E-state index contributed by atoms with van der Waals surface area (Å²) < 4.78 is 16.8. The summed E-state index contributed by atoms with van der Waals surface area (Å²) >= 11 is 3.55. The molecule has 0 aliphatic carbocycles. The third-order valence-corrected chi connectivity index (χ3v) is 3.78. The Balaban J connectivity index is 2.17. The van der Waals surface area contributed by atoms with Gasteiger partial charge in [-0.3, -0.25) is 0 Å². The summed E-state index contributed by atoms with van der Waals surface area (Å²) in [5.74, 6) is 2.32. The number of fused-ring (bicyclic) bond motifs is 1. The van der Waals surface area contributed by atoms with E-state index in [2.05, 4.69) is 33.0 Å². The van der Waals surface area contributed by atoms with Crippen molar-refractivity contribution in [3.8, 4) is 22.9 Å². The number of ether oxygens (including phenoxy) is 2. The van der Waals surface area contributed by atoms with Gasteiger partial charge in [-0.25, -0.2) is 0 Å². The number of hydrogen-bond acceptors (Lipinski definition) is 6. The van der Waals surface area contributed by atoms with Crippen LogP contribution < -0.4 is 15.2 Å². The molecule has 2 N–H and O–H groups in total. The summed E-state index contributed by atoms with van der Waals surface area (Å²) in [5.41, 5.74) is 7.39. The summed E-state index contributed by atoms with van der Waals surface area (Å²) in [5, 5.41) is 3.95. The van der Waals surface area contributed by atoms with E-state index in [1.807, 2.05) is 6.07 Å². The molecule has 1 aliphatic rings. The molecule has 3 rings (SSSR count). The highest BCUT2D eigenvalue weighted by atomic mass is 79.9. The van der Waals surface area contributed by atoms with Gasteiger partial charge in [0.1, 0.15) is 0 Å². The maximum Gasteiger partial charge on any atom is 0.240 e. The average Bonchev–Trinajstić information content (AvgIpc) is 3.07. The van der Waals surface area contributed by atoms with E-state index in [4.69, 9.17) is 19.7 Å². The molecule has 0 unspecified atom stereocenters. The molecule has 2 heterocycles. The molecule has 7 heteroatoms. The highest BCUT2D eigenvalue weighted by Crippen LogP contribution is 2.45. The predicted octanol–water partition coefficient (Wildman–Crippen LogP) is 2.25. The Morgan fingerprint density at radius 1 is 1.42 bits per heavy atom. The van der Waals surface area contributed by atoms with E-state index < -0.39 is 0 Å². The Hall–Kier alpha value is -1.60. The smallest absolute Gasteiger partial charge is 0.240 e. The number of nitrogens with zero attached hydrogens (tertiary/aromatic N) is 2. The van der Waals surface area contributed by atoms with Crippen LogP contribution >= 0.6 is 15.9 Å². The SMILES string of the molecule is CCc1c(-c2noc(CN)n2)cc2c(c1Br)OCO2. The fourth-order valence-electron chi connectivity index (χ4n) is 2.03. The zero-order valence-electron chi connectivity index (χ0n) is 10.3. The fourth-order valence-corrected chi connectivity index (χ4v) is 2.84. The number of benzene rings is 1. The number of aromatic nitrogens is 2. The van der Waals surface area contributed by atoms with Crippen LogP contribution in [0.3, 0.4) is 0 Å². The molecule has 0 bridgehead atoms. The minimum atomic E-state index is 0.222. The molecule has 1 aromatic carbocycles. The van der Waals surface area contributed by atoms with Crippen molar-refractivity contribution in [1.29, 1.82) is 0 Å². The predicted molar refractivity (Wildman–Crippen MR) is 70.8 cm³/mol. The average molecular weight is 326 g/mol. The first-order chi connectivity index (χ1) is 9.24. The zero-order valence-corrected chi connectivity index (χ0v) is 11.9. The Morgan fingerprint density at radius 2 is 2.26 bits per heavy atom. The van der Waals surface area contributed by atoms with E-state index in [9.17, 15) is 0 Å². The fraction of sp³-hybridized carbons (Fsp3) is 0.333. The van der Waals surface area contributed by atoms with Gasteiger partial charge in [0.15, 0.2) is 11.5 Å². The molecule has 0 radical (unpaired) electrons. The van der Waals surface area contributed by atoms with Crippen LogP contribution in [0.25, 0.3) is 11.4 Å². The van der Waals surface area contributed by atoms with E-state index in [1.165, 1.54) is 0 Å². The molecule has 1 aromatic heterocycles. The monoisotopic (exact) mass is 325 g/mol. The zero-order chi connectivity index (χ0) is 13.4. The van der Waals surface area contributed by atoms with Crippen LogP contribution in [-0.2, 0) is 13.0 Å². The first-order valence-electron chi connectivity index (χ1n) is 5.88. The molecule has 0 saturated heterocycles. The van der Waals surface area contributed by atoms with Gasteiger partial charge in [-0.05, 0) is 34.0 Å². The molecular formula is C12H12BrN3O3. The van der Waals surface area contributed by atoms with Crippen LogP contribution in [0, 0.1) is 0 Å². The van der Waals surface area contributed by atoms with Gasteiger partial charge >= 0.3 is 0 Å². The standard InChI is InChI=1S/C12H12BrN3O3/c1-2-6-7(12-15-9(4-14)19-16-12)3-8-11(10(6)13)18-5-17-8/h3H,2,4-5,14H2,1H3. The molecule has 6 nitrogen and oxygen atoms in total. The minimum absolute atomic E-state index is 0.222. The quantitative estimate of drug-likeness (QED) is 0.931. The third-order valence-electron chi connectivity index (χ3n) is 2.94. The lowest BCUT2D eigenvalue weighted by atomic mass is 10.0. The molecule has 0 amide bonds.